The lowest BCUT2D eigenvalue weighted by Gasteiger charge is -2.25. The van der Waals surface area contributed by atoms with Gasteiger partial charge in [-0.3, -0.25) is 4.98 Å². The fraction of sp³-hybridized carbons (Fsp3) is 0.433. The molecular formula is C30H35ClN2O9S. The number of hydrogen-bond donors (Lipinski definition) is 6. The topological polar surface area (TPSA) is 179 Å². The van der Waals surface area contributed by atoms with Crippen molar-refractivity contribution in [3.05, 3.63) is 77.1 Å². The molecule has 3 aromatic rings. The lowest BCUT2D eigenvalue weighted by molar-refractivity contribution is -0.113. The Balaban J connectivity index is 1.30. The van der Waals surface area contributed by atoms with Crippen molar-refractivity contribution in [2.24, 2.45) is 0 Å². The zero-order valence-corrected chi connectivity index (χ0v) is 24.8. The highest BCUT2D eigenvalue weighted by Crippen LogP contribution is 2.53. The minimum Gasteiger partial charge on any atom is -0.490 e. The molecule has 0 bridgehead atoms. The fourth-order valence-corrected chi connectivity index (χ4v) is 6.04. The third-order valence-electron chi connectivity index (χ3n) is 7.65. The van der Waals surface area contributed by atoms with Crippen molar-refractivity contribution in [1.82, 2.24) is 9.71 Å². The average Bonchev–Trinajstić information content (AvgIpc) is 3.96. The summed E-state index contributed by atoms with van der Waals surface area (Å²) < 4.78 is 40.7. The summed E-state index contributed by atoms with van der Waals surface area (Å²) in [5.41, 5.74) is 2.61. The van der Waals surface area contributed by atoms with Gasteiger partial charge in [-0.15, -0.1) is 0 Å². The molecule has 0 unspecified atom stereocenters. The van der Waals surface area contributed by atoms with Gasteiger partial charge in [0.1, 0.15) is 24.1 Å². The number of pyridine rings is 1. The van der Waals surface area contributed by atoms with E-state index in [9.17, 15) is 28.8 Å². The summed E-state index contributed by atoms with van der Waals surface area (Å²) in [6, 6.07) is 13.9. The number of aliphatic hydroxyl groups is 5. The SMILES string of the molecule is O=S(=O)(NC[C@H](O)[C@@H](O)[C@H](O)[C@H](O)CO)c1ccc(Cl)c(COC2(c3cnccc3-c3ccccc3OC3CC3)CC2)c1. The Morgan fingerprint density at radius 1 is 1.00 bits per heavy atom. The molecule has 0 spiro atoms. The van der Waals surface area contributed by atoms with Gasteiger partial charge in [-0.1, -0.05) is 29.8 Å². The van der Waals surface area contributed by atoms with E-state index in [2.05, 4.69) is 9.71 Å². The predicted molar refractivity (Wildman–Crippen MR) is 157 cm³/mol. The van der Waals surface area contributed by atoms with Gasteiger partial charge >= 0.3 is 0 Å². The summed E-state index contributed by atoms with van der Waals surface area (Å²) in [6.07, 6.45) is 0.0649. The van der Waals surface area contributed by atoms with Gasteiger partial charge in [0, 0.05) is 35.1 Å². The molecule has 0 saturated heterocycles. The molecule has 13 heteroatoms. The number of aromatic nitrogens is 1. The molecule has 5 rings (SSSR count). The highest BCUT2D eigenvalue weighted by Gasteiger charge is 2.48. The summed E-state index contributed by atoms with van der Waals surface area (Å²) in [5, 5.41) is 48.6. The Kier molecular flexibility index (Phi) is 9.71. The van der Waals surface area contributed by atoms with E-state index in [1.54, 1.807) is 12.4 Å². The largest absolute Gasteiger partial charge is 0.490 e. The van der Waals surface area contributed by atoms with Crippen molar-refractivity contribution in [3.63, 3.8) is 0 Å². The van der Waals surface area contributed by atoms with Gasteiger partial charge in [0.15, 0.2) is 0 Å². The van der Waals surface area contributed by atoms with Crippen molar-refractivity contribution < 1.29 is 43.4 Å². The first-order valence-corrected chi connectivity index (χ1v) is 15.9. The molecule has 1 aromatic heterocycles. The van der Waals surface area contributed by atoms with E-state index < -0.39 is 53.2 Å². The number of ether oxygens (including phenoxy) is 2. The number of rotatable bonds is 15. The molecule has 0 aliphatic heterocycles. The molecule has 0 amide bonds. The molecule has 0 radical (unpaired) electrons. The van der Waals surface area contributed by atoms with E-state index in [0.717, 1.165) is 48.1 Å². The van der Waals surface area contributed by atoms with E-state index in [1.807, 2.05) is 30.3 Å². The molecule has 6 N–H and O–H groups in total. The maximum atomic E-state index is 13.0. The van der Waals surface area contributed by atoms with Crippen LogP contribution in [0.4, 0.5) is 0 Å². The van der Waals surface area contributed by atoms with E-state index in [1.165, 1.54) is 18.2 Å². The van der Waals surface area contributed by atoms with E-state index >= 15 is 0 Å². The minimum atomic E-state index is -4.18. The highest BCUT2D eigenvalue weighted by atomic mass is 35.5. The normalized spacial score (nSPS) is 18.9. The number of aliphatic hydroxyl groups excluding tert-OH is 5. The second-order valence-corrected chi connectivity index (χ2v) is 13.1. The van der Waals surface area contributed by atoms with Gasteiger partial charge in [0.25, 0.3) is 0 Å². The first-order valence-electron chi connectivity index (χ1n) is 14.0. The Hall–Kier alpha value is -2.65. The first-order chi connectivity index (χ1) is 20.5. The van der Waals surface area contributed by atoms with Gasteiger partial charge in [-0.25, -0.2) is 13.1 Å². The zero-order valence-electron chi connectivity index (χ0n) is 23.2. The number of nitrogens with zero attached hydrogens (tertiary/aromatic N) is 1. The molecule has 2 saturated carbocycles. The minimum absolute atomic E-state index is 0.0172. The van der Waals surface area contributed by atoms with Crippen LogP contribution in [0.3, 0.4) is 0 Å². The smallest absolute Gasteiger partial charge is 0.240 e. The fourth-order valence-electron chi connectivity index (χ4n) is 4.76. The van der Waals surface area contributed by atoms with Crippen molar-refractivity contribution in [1.29, 1.82) is 0 Å². The van der Waals surface area contributed by atoms with Crippen molar-refractivity contribution in [3.8, 4) is 16.9 Å². The summed E-state index contributed by atoms with van der Waals surface area (Å²) in [6.45, 7) is -1.49. The van der Waals surface area contributed by atoms with Crippen LogP contribution >= 0.6 is 11.6 Å². The number of benzene rings is 2. The predicted octanol–water partition coefficient (Wildman–Crippen LogP) is 1.86. The summed E-state index contributed by atoms with van der Waals surface area (Å²) in [4.78, 5) is 4.21. The lowest BCUT2D eigenvalue weighted by atomic mass is 9.96. The van der Waals surface area contributed by atoms with Crippen LogP contribution in [0, 0.1) is 0 Å². The van der Waals surface area contributed by atoms with Crippen LogP contribution < -0.4 is 9.46 Å². The number of sulfonamides is 1. The number of para-hydroxylation sites is 1. The Labute approximate surface area is 254 Å². The Bertz CT molecular complexity index is 1530. The van der Waals surface area contributed by atoms with Crippen LogP contribution in [0.2, 0.25) is 5.02 Å². The summed E-state index contributed by atoms with van der Waals surface area (Å²) >= 11 is 6.42. The Morgan fingerprint density at radius 3 is 2.42 bits per heavy atom. The van der Waals surface area contributed by atoms with Gasteiger partial charge in [0.05, 0.1) is 35.9 Å². The van der Waals surface area contributed by atoms with Crippen LogP contribution in [-0.4, -0.2) is 82.6 Å². The third kappa shape index (κ3) is 7.36. The van der Waals surface area contributed by atoms with Gasteiger partial charge in [0.2, 0.25) is 10.0 Å². The molecule has 2 aliphatic rings. The van der Waals surface area contributed by atoms with E-state index in [4.69, 9.17) is 26.2 Å². The van der Waals surface area contributed by atoms with Crippen molar-refractivity contribution >= 4 is 21.6 Å². The van der Waals surface area contributed by atoms with Crippen LogP contribution in [-0.2, 0) is 27.0 Å². The molecule has 232 valence electrons. The van der Waals surface area contributed by atoms with Gasteiger partial charge < -0.3 is 35.0 Å². The number of nitrogens with one attached hydrogen (secondary N) is 1. The van der Waals surface area contributed by atoms with E-state index in [0.29, 0.717) is 10.6 Å². The monoisotopic (exact) mass is 634 g/mol. The van der Waals surface area contributed by atoms with Crippen molar-refractivity contribution in [2.45, 2.75) is 73.3 Å². The summed E-state index contributed by atoms with van der Waals surface area (Å²) in [7, 11) is -4.18. The van der Waals surface area contributed by atoms with Crippen LogP contribution in [0.25, 0.3) is 11.1 Å². The maximum Gasteiger partial charge on any atom is 0.240 e. The molecule has 2 aromatic carbocycles. The Morgan fingerprint density at radius 2 is 1.72 bits per heavy atom. The van der Waals surface area contributed by atoms with E-state index in [-0.39, 0.29) is 17.6 Å². The zero-order chi connectivity index (χ0) is 30.8. The van der Waals surface area contributed by atoms with Crippen molar-refractivity contribution in [2.75, 3.05) is 13.2 Å². The molecule has 1 heterocycles. The van der Waals surface area contributed by atoms with Crippen LogP contribution in [0.5, 0.6) is 5.75 Å². The standard InChI is InChI=1S/C30H35ClN2O9S/c31-24-8-7-20(43(39,40)33-15-25(35)28(37)29(38)26(36)16-34)13-18(24)17-41-30(10-11-30)23-14-32-12-9-21(23)22-3-1-2-4-27(22)42-19-5-6-19/h1-4,7-9,12-14,19,25-26,28-29,33-38H,5-6,10-11,15-17H2/t25-,26+,28+,29+/m0/s1. The molecule has 2 aliphatic carbocycles. The number of hydrogen-bond acceptors (Lipinski definition) is 10. The summed E-state index contributed by atoms with van der Waals surface area (Å²) in [5.74, 6) is 0.804. The first kappa shape index (κ1) is 31.8. The third-order valence-corrected chi connectivity index (χ3v) is 9.44. The molecule has 2 fully saturated rings. The quantitative estimate of drug-likeness (QED) is 0.145. The number of halogens is 1. The van der Waals surface area contributed by atoms with Gasteiger partial charge in [-0.2, -0.15) is 0 Å². The second kappa shape index (κ2) is 13.1. The van der Waals surface area contributed by atoms with Crippen LogP contribution in [0.15, 0.2) is 65.8 Å². The molecule has 43 heavy (non-hydrogen) atoms. The van der Waals surface area contributed by atoms with Crippen LogP contribution in [0.1, 0.15) is 36.8 Å². The molecular weight excluding hydrogens is 600 g/mol. The average molecular weight is 635 g/mol. The second-order valence-electron chi connectivity index (χ2n) is 10.9. The molecule has 11 nitrogen and oxygen atoms in total. The highest BCUT2D eigenvalue weighted by molar-refractivity contribution is 7.89. The molecule has 4 atom stereocenters. The van der Waals surface area contributed by atoms with Gasteiger partial charge in [-0.05, 0) is 67.1 Å². The maximum absolute atomic E-state index is 13.0. The lowest BCUT2D eigenvalue weighted by Crippen LogP contribution is -2.49.